The van der Waals surface area contributed by atoms with E-state index in [1.54, 1.807) is 11.8 Å². The lowest BCUT2D eigenvalue weighted by molar-refractivity contribution is -0.136. The first-order valence-electron chi connectivity index (χ1n) is 6.19. The number of hydrogen-bond acceptors (Lipinski definition) is 2. The zero-order valence-corrected chi connectivity index (χ0v) is 11.4. The molecule has 19 heavy (non-hydrogen) atoms. The van der Waals surface area contributed by atoms with Gasteiger partial charge in [-0.15, -0.1) is 0 Å². The molecule has 2 rings (SSSR count). The monoisotopic (exact) mass is 272 g/mol. The van der Waals surface area contributed by atoms with E-state index >= 15 is 0 Å². The molecule has 0 saturated heterocycles. The smallest absolute Gasteiger partial charge is 0.304 e. The van der Waals surface area contributed by atoms with Gasteiger partial charge in [0.1, 0.15) is 0 Å². The van der Waals surface area contributed by atoms with Crippen LogP contribution in [0.25, 0.3) is 11.1 Å². The van der Waals surface area contributed by atoms with Gasteiger partial charge in [-0.2, -0.15) is 11.8 Å². The van der Waals surface area contributed by atoms with E-state index in [2.05, 4.69) is 36.4 Å². The van der Waals surface area contributed by atoms with E-state index in [1.807, 2.05) is 18.2 Å². The Hall–Kier alpha value is -1.74. The second-order valence-electron chi connectivity index (χ2n) is 4.26. The van der Waals surface area contributed by atoms with Crippen molar-refractivity contribution >= 4 is 17.7 Å². The van der Waals surface area contributed by atoms with Crippen LogP contribution in [-0.4, -0.2) is 16.8 Å². The quantitative estimate of drug-likeness (QED) is 0.806. The Kier molecular flexibility index (Phi) is 5.04. The summed E-state index contributed by atoms with van der Waals surface area (Å²) in [4.78, 5) is 10.4. The van der Waals surface area contributed by atoms with Gasteiger partial charge in [0, 0.05) is 11.5 Å². The Morgan fingerprint density at radius 2 is 1.58 bits per heavy atom. The lowest BCUT2D eigenvalue weighted by atomic mass is 10.0. The van der Waals surface area contributed by atoms with Gasteiger partial charge in [0.2, 0.25) is 0 Å². The normalized spacial score (nSPS) is 10.3. The molecule has 0 saturated carbocycles. The zero-order valence-electron chi connectivity index (χ0n) is 10.6. The molecule has 0 unspecified atom stereocenters. The van der Waals surface area contributed by atoms with E-state index in [9.17, 15) is 4.79 Å². The van der Waals surface area contributed by atoms with Crippen LogP contribution >= 0.6 is 11.8 Å². The van der Waals surface area contributed by atoms with Crippen LogP contribution < -0.4 is 0 Å². The Morgan fingerprint density at radius 3 is 2.21 bits per heavy atom. The number of carbonyl (C=O) groups is 1. The van der Waals surface area contributed by atoms with Gasteiger partial charge in [0.05, 0.1) is 6.42 Å². The minimum absolute atomic E-state index is 0.229. The highest BCUT2D eigenvalue weighted by atomic mass is 32.2. The summed E-state index contributed by atoms with van der Waals surface area (Å²) in [5.41, 5.74) is 3.66. The molecule has 0 aromatic heterocycles. The third-order valence-electron chi connectivity index (χ3n) is 2.79. The van der Waals surface area contributed by atoms with E-state index in [4.69, 9.17) is 5.11 Å². The van der Waals surface area contributed by atoms with Crippen molar-refractivity contribution < 1.29 is 9.90 Å². The molecule has 2 aromatic carbocycles. The van der Waals surface area contributed by atoms with Crippen molar-refractivity contribution in [2.75, 3.05) is 5.75 Å². The van der Waals surface area contributed by atoms with Gasteiger partial charge >= 0.3 is 5.97 Å². The summed E-state index contributed by atoms with van der Waals surface area (Å²) >= 11 is 1.66. The van der Waals surface area contributed by atoms with Crippen LogP contribution in [0.2, 0.25) is 0 Å². The molecule has 0 aliphatic rings. The number of benzene rings is 2. The Bertz CT molecular complexity index is 520. The van der Waals surface area contributed by atoms with Crippen molar-refractivity contribution in [1.82, 2.24) is 0 Å². The summed E-state index contributed by atoms with van der Waals surface area (Å²) in [6, 6.07) is 18.7. The first kappa shape index (κ1) is 13.7. The maximum Gasteiger partial charge on any atom is 0.304 e. The van der Waals surface area contributed by atoms with Crippen LogP contribution in [0.4, 0.5) is 0 Å². The first-order valence-corrected chi connectivity index (χ1v) is 7.35. The minimum atomic E-state index is -0.730. The van der Waals surface area contributed by atoms with Gasteiger partial charge in [-0.25, -0.2) is 0 Å². The van der Waals surface area contributed by atoms with E-state index in [0.29, 0.717) is 5.75 Å². The van der Waals surface area contributed by atoms with Crippen LogP contribution in [0.3, 0.4) is 0 Å². The van der Waals surface area contributed by atoms with E-state index in [-0.39, 0.29) is 6.42 Å². The topological polar surface area (TPSA) is 37.3 Å². The lowest BCUT2D eigenvalue weighted by Crippen LogP contribution is -1.96. The number of hydrogen-bond donors (Lipinski definition) is 1. The number of aliphatic carboxylic acids is 1. The molecule has 1 N–H and O–H groups in total. The van der Waals surface area contributed by atoms with Crippen LogP contribution in [-0.2, 0) is 10.5 Å². The average Bonchev–Trinajstić information content (AvgIpc) is 2.45. The lowest BCUT2D eigenvalue weighted by Gasteiger charge is -2.04. The number of carboxylic acid groups (broad SMARTS) is 1. The second kappa shape index (κ2) is 7.00. The fraction of sp³-hybridized carbons (Fsp3) is 0.188. The summed E-state index contributed by atoms with van der Waals surface area (Å²) in [6.07, 6.45) is 0.229. The maximum absolute atomic E-state index is 10.4. The molecule has 0 bridgehead atoms. The highest BCUT2D eigenvalue weighted by molar-refractivity contribution is 7.98. The molecule has 0 radical (unpaired) electrons. The van der Waals surface area contributed by atoms with Crippen molar-refractivity contribution in [1.29, 1.82) is 0 Å². The number of carboxylic acids is 1. The molecule has 0 heterocycles. The summed E-state index contributed by atoms with van der Waals surface area (Å²) in [5, 5.41) is 8.56. The van der Waals surface area contributed by atoms with Crippen LogP contribution in [0.5, 0.6) is 0 Å². The van der Waals surface area contributed by atoms with E-state index in [0.717, 1.165) is 5.75 Å². The molecule has 0 fully saturated rings. The van der Waals surface area contributed by atoms with Crippen molar-refractivity contribution in [2.45, 2.75) is 12.2 Å². The van der Waals surface area contributed by atoms with Crippen LogP contribution in [0.1, 0.15) is 12.0 Å². The Labute approximate surface area is 117 Å². The molecule has 98 valence electrons. The van der Waals surface area contributed by atoms with Crippen molar-refractivity contribution in [3.8, 4) is 11.1 Å². The Morgan fingerprint density at radius 1 is 0.947 bits per heavy atom. The molecule has 3 heteroatoms. The van der Waals surface area contributed by atoms with Gasteiger partial charge in [0.15, 0.2) is 0 Å². The van der Waals surface area contributed by atoms with Gasteiger partial charge in [-0.1, -0.05) is 54.6 Å². The van der Waals surface area contributed by atoms with Crippen molar-refractivity contribution in [2.24, 2.45) is 0 Å². The van der Waals surface area contributed by atoms with Gasteiger partial charge in [-0.3, -0.25) is 4.79 Å². The third-order valence-corrected chi connectivity index (χ3v) is 3.82. The molecule has 2 aromatic rings. The van der Waals surface area contributed by atoms with Crippen molar-refractivity contribution in [3.63, 3.8) is 0 Å². The van der Waals surface area contributed by atoms with Gasteiger partial charge < -0.3 is 5.11 Å². The number of thioether (sulfide) groups is 1. The Balaban J connectivity index is 1.90. The summed E-state index contributed by atoms with van der Waals surface area (Å²) in [5.74, 6) is 0.796. The second-order valence-corrected chi connectivity index (χ2v) is 5.36. The largest absolute Gasteiger partial charge is 0.481 e. The molecule has 0 spiro atoms. The van der Waals surface area contributed by atoms with Gasteiger partial charge in [-0.05, 0) is 16.7 Å². The third kappa shape index (κ3) is 4.45. The number of rotatable bonds is 6. The highest BCUT2D eigenvalue weighted by Gasteiger charge is 1.99. The molecule has 0 atom stereocenters. The molecule has 0 aliphatic heterocycles. The summed E-state index contributed by atoms with van der Waals surface area (Å²) in [7, 11) is 0. The van der Waals surface area contributed by atoms with Crippen molar-refractivity contribution in [3.05, 3.63) is 60.2 Å². The fourth-order valence-corrected chi connectivity index (χ4v) is 2.66. The van der Waals surface area contributed by atoms with E-state index < -0.39 is 5.97 Å². The zero-order chi connectivity index (χ0) is 13.5. The molecular weight excluding hydrogens is 256 g/mol. The molecule has 0 amide bonds. The minimum Gasteiger partial charge on any atom is -0.481 e. The van der Waals surface area contributed by atoms with Gasteiger partial charge in [0.25, 0.3) is 0 Å². The molecule has 2 nitrogen and oxygen atoms in total. The molecule has 0 aliphatic carbocycles. The summed E-state index contributed by atoms with van der Waals surface area (Å²) < 4.78 is 0. The average molecular weight is 272 g/mol. The standard InChI is InChI=1S/C16H16O2S/c17-16(18)10-11-19-12-13-6-8-15(9-7-13)14-4-2-1-3-5-14/h1-9H,10-12H2,(H,17,18). The van der Waals surface area contributed by atoms with E-state index in [1.165, 1.54) is 16.7 Å². The predicted molar refractivity (Wildman–Crippen MR) is 80.3 cm³/mol. The molecular formula is C16H16O2S. The first-order chi connectivity index (χ1) is 9.25. The predicted octanol–water partition coefficient (Wildman–Crippen LogP) is 4.06. The highest BCUT2D eigenvalue weighted by Crippen LogP contribution is 2.21. The maximum atomic E-state index is 10.4. The van der Waals surface area contributed by atoms with Crippen LogP contribution in [0, 0.1) is 0 Å². The SMILES string of the molecule is O=C(O)CCSCc1ccc(-c2ccccc2)cc1. The summed E-state index contributed by atoms with van der Waals surface area (Å²) in [6.45, 7) is 0. The fourth-order valence-electron chi connectivity index (χ4n) is 1.77. The van der Waals surface area contributed by atoms with Crippen LogP contribution in [0.15, 0.2) is 54.6 Å².